The number of fused-ring (bicyclic) bond motifs is 1. The van der Waals surface area contributed by atoms with E-state index in [0.29, 0.717) is 12.3 Å². The number of hydrogen-bond donors (Lipinski definition) is 0. The summed E-state index contributed by atoms with van der Waals surface area (Å²) in [7, 11) is 0. The molecule has 3 rings (SSSR count). The van der Waals surface area contributed by atoms with Gasteiger partial charge in [0.1, 0.15) is 5.52 Å². The van der Waals surface area contributed by atoms with Crippen molar-refractivity contribution < 1.29 is 4.42 Å². The smallest absolute Gasteiger partial charge is 0.227 e. The first-order chi connectivity index (χ1) is 8.86. The van der Waals surface area contributed by atoms with Gasteiger partial charge in [-0.25, -0.2) is 4.98 Å². The Kier molecular flexibility index (Phi) is 2.54. The molecule has 1 heterocycles. The monoisotopic (exact) mass is 234 g/mol. The summed E-state index contributed by atoms with van der Waals surface area (Å²) in [5.74, 6) is 0.611. The quantitative estimate of drug-likeness (QED) is 0.681. The van der Waals surface area contributed by atoms with Crippen molar-refractivity contribution in [1.82, 2.24) is 4.98 Å². The summed E-state index contributed by atoms with van der Waals surface area (Å²) >= 11 is 0. The van der Waals surface area contributed by atoms with Crippen LogP contribution in [-0.2, 0) is 6.42 Å². The zero-order valence-corrected chi connectivity index (χ0v) is 9.63. The van der Waals surface area contributed by atoms with Gasteiger partial charge in [-0.1, -0.05) is 24.3 Å². The second-order valence-electron chi connectivity index (χ2n) is 4.02. The van der Waals surface area contributed by atoms with E-state index < -0.39 is 0 Å². The van der Waals surface area contributed by atoms with E-state index in [1.54, 1.807) is 0 Å². The molecule has 0 N–H and O–H groups in total. The molecule has 3 heteroatoms. The van der Waals surface area contributed by atoms with Crippen LogP contribution in [0.1, 0.15) is 5.56 Å². The van der Waals surface area contributed by atoms with Crippen LogP contribution < -0.4 is 0 Å². The van der Waals surface area contributed by atoms with Crippen molar-refractivity contribution in [2.24, 2.45) is 0 Å². The van der Waals surface area contributed by atoms with Gasteiger partial charge in [0.05, 0.1) is 12.5 Å². The fourth-order valence-corrected chi connectivity index (χ4v) is 1.88. The maximum Gasteiger partial charge on any atom is 0.227 e. The van der Waals surface area contributed by atoms with Gasteiger partial charge in [-0.2, -0.15) is 5.26 Å². The van der Waals surface area contributed by atoms with Crippen molar-refractivity contribution in [2.45, 2.75) is 6.42 Å². The number of aromatic nitrogens is 1. The minimum atomic E-state index is 0.392. The number of rotatable bonds is 2. The topological polar surface area (TPSA) is 49.8 Å². The predicted molar refractivity (Wildman–Crippen MR) is 68.8 cm³/mol. The van der Waals surface area contributed by atoms with Crippen molar-refractivity contribution in [1.29, 1.82) is 5.26 Å². The van der Waals surface area contributed by atoms with E-state index in [1.165, 1.54) is 0 Å². The Morgan fingerprint density at radius 2 is 1.94 bits per heavy atom. The Balaban J connectivity index is 2.09. The lowest BCUT2D eigenvalue weighted by atomic mass is 10.1. The van der Waals surface area contributed by atoms with Gasteiger partial charge >= 0.3 is 0 Å². The molecule has 0 atom stereocenters. The third kappa shape index (κ3) is 1.85. The molecule has 0 aliphatic carbocycles. The van der Waals surface area contributed by atoms with Gasteiger partial charge in [0, 0.05) is 5.56 Å². The molecular weight excluding hydrogens is 224 g/mol. The van der Waals surface area contributed by atoms with E-state index >= 15 is 0 Å². The van der Waals surface area contributed by atoms with E-state index in [4.69, 9.17) is 9.68 Å². The van der Waals surface area contributed by atoms with E-state index in [-0.39, 0.29) is 0 Å². The second-order valence-corrected chi connectivity index (χ2v) is 4.02. The molecule has 0 saturated heterocycles. The molecule has 0 fully saturated rings. The number of benzene rings is 2. The molecule has 0 spiro atoms. The van der Waals surface area contributed by atoms with Crippen molar-refractivity contribution >= 4 is 11.1 Å². The standard InChI is InChI=1S/C15H10N2O/c16-9-8-11-6-7-14-13(10-11)17-15(18-14)12-4-2-1-3-5-12/h1-7,10H,8H2. The molecule has 0 bridgehead atoms. The highest BCUT2D eigenvalue weighted by molar-refractivity contribution is 5.77. The second kappa shape index (κ2) is 4.34. The predicted octanol–water partition coefficient (Wildman–Crippen LogP) is 3.56. The molecule has 2 aromatic carbocycles. The normalized spacial score (nSPS) is 10.4. The van der Waals surface area contributed by atoms with E-state index in [0.717, 1.165) is 22.2 Å². The van der Waals surface area contributed by atoms with Crippen molar-refractivity contribution in [3.8, 4) is 17.5 Å². The summed E-state index contributed by atoms with van der Waals surface area (Å²) in [5, 5.41) is 8.68. The average molecular weight is 234 g/mol. The third-order valence-corrected chi connectivity index (χ3v) is 2.76. The van der Waals surface area contributed by atoms with Crippen LogP contribution in [0, 0.1) is 11.3 Å². The van der Waals surface area contributed by atoms with Crippen LogP contribution in [0.2, 0.25) is 0 Å². The van der Waals surface area contributed by atoms with Gasteiger partial charge in [-0.05, 0) is 29.8 Å². The Bertz CT molecular complexity index is 723. The van der Waals surface area contributed by atoms with Crippen LogP contribution >= 0.6 is 0 Å². The Labute approximate surface area is 104 Å². The van der Waals surface area contributed by atoms with Crippen molar-refractivity contribution in [3.63, 3.8) is 0 Å². The first-order valence-corrected chi connectivity index (χ1v) is 5.68. The maximum atomic E-state index is 8.68. The summed E-state index contributed by atoms with van der Waals surface area (Å²) in [5.41, 5.74) is 3.45. The average Bonchev–Trinajstić information content (AvgIpc) is 2.83. The van der Waals surface area contributed by atoms with Gasteiger partial charge < -0.3 is 4.42 Å². The SMILES string of the molecule is N#CCc1ccc2oc(-c3ccccc3)nc2c1. The van der Waals surface area contributed by atoms with Gasteiger partial charge in [0.25, 0.3) is 0 Å². The molecule has 0 aliphatic heterocycles. The van der Waals surface area contributed by atoms with Gasteiger partial charge in [-0.3, -0.25) is 0 Å². The van der Waals surface area contributed by atoms with Crippen LogP contribution in [0.15, 0.2) is 52.9 Å². The van der Waals surface area contributed by atoms with Crippen LogP contribution in [0.3, 0.4) is 0 Å². The molecule has 1 aromatic heterocycles. The highest BCUT2D eigenvalue weighted by Gasteiger charge is 2.07. The molecule has 18 heavy (non-hydrogen) atoms. The lowest BCUT2D eigenvalue weighted by Crippen LogP contribution is -1.80. The minimum Gasteiger partial charge on any atom is -0.436 e. The number of oxazole rings is 1. The molecule has 0 amide bonds. The zero-order chi connectivity index (χ0) is 12.4. The molecule has 86 valence electrons. The fourth-order valence-electron chi connectivity index (χ4n) is 1.88. The molecular formula is C15H10N2O. The lowest BCUT2D eigenvalue weighted by molar-refractivity contribution is 0.620. The summed E-state index contributed by atoms with van der Waals surface area (Å²) in [6.45, 7) is 0. The van der Waals surface area contributed by atoms with Crippen LogP contribution in [0.5, 0.6) is 0 Å². The van der Waals surface area contributed by atoms with Crippen LogP contribution in [0.25, 0.3) is 22.6 Å². The van der Waals surface area contributed by atoms with Crippen molar-refractivity contribution in [3.05, 3.63) is 54.1 Å². The third-order valence-electron chi connectivity index (χ3n) is 2.76. The molecule has 0 aliphatic rings. The number of hydrogen-bond acceptors (Lipinski definition) is 3. The maximum absolute atomic E-state index is 8.68. The molecule has 3 nitrogen and oxygen atoms in total. The highest BCUT2D eigenvalue weighted by Crippen LogP contribution is 2.24. The zero-order valence-electron chi connectivity index (χ0n) is 9.63. The number of nitrogens with zero attached hydrogens (tertiary/aromatic N) is 2. The first-order valence-electron chi connectivity index (χ1n) is 5.68. The van der Waals surface area contributed by atoms with Crippen LogP contribution in [-0.4, -0.2) is 4.98 Å². The Morgan fingerprint density at radius 3 is 2.72 bits per heavy atom. The van der Waals surface area contributed by atoms with Gasteiger partial charge in [-0.15, -0.1) is 0 Å². The molecule has 0 unspecified atom stereocenters. The highest BCUT2D eigenvalue weighted by atomic mass is 16.3. The van der Waals surface area contributed by atoms with E-state index in [9.17, 15) is 0 Å². The lowest BCUT2D eigenvalue weighted by Gasteiger charge is -1.91. The first kappa shape index (κ1) is 10.5. The van der Waals surface area contributed by atoms with Gasteiger partial charge in [0.2, 0.25) is 5.89 Å². The summed E-state index contributed by atoms with van der Waals surface area (Å²) in [6, 6.07) is 17.6. The molecule has 0 radical (unpaired) electrons. The summed E-state index contributed by atoms with van der Waals surface area (Å²) in [4.78, 5) is 4.45. The Morgan fingerprint density at radius 1 is 1.11 bits per heavy atom. The molecule has 3 aromatic rings. The van der Waals surface area contributed by atoms with E-state index in [1.807, 2.05) is 48.5 Å². The number of nitriles is 1. The Hall–Kier alpha value is -2.60. The minimum absolute atomic E-state index is 0.392. The molecule has 0 saturated carbocycles. The van der Waals surface area contributed by atoms with Gasteiger partial charge in [0.15, 0.2) is 5.58 Å². The summed E-state index contributed by atoms with van der Waals surface area (Å²) < 4.78 is 5.69. The largest absolute Gasteiger partial charge is 0.436 e. The summed E-state index contributed by atoms with van der Waals surface area (Å²) in [6.07, 6.45) is 0.392. The van der Waals surface area contributed by atoms with E-state index in [2.05, 4.69) is 11.1 Å². The van der Waals surface area contributed by atoms with Crippen molar-refractivity contribution in [2.75, 3.05) is 0 Å². The van der Waals surface area contributed by atoms with Crippen LogP contribution in [0.4, 0.5) is 0 Å². The fraction of sp³-hybridized carbons (Fsp3) is 0.0667.